The van der Waals surface area contributed by atoms with Crippen LogP contribution in [0.4, 0.5) is 0 Å². The van der Waals surface area contributed by atoms with E-state index in [2.05, 4.69) is 20.4 Å². The Morgan fingerprint density at radius 2 is 1.05 bits per heavy atom. The van der Waals surface area contributed by atoms with Crippen molar-refractivity contribution in [2.24, 2.45) is 0 Å². The van der Waals surface area contributed by atoms with E-state index in [9.17, 15) is 10.2 Å². The van der Waals surface area contributed by atoms with Gasteiger partial charge < -0.3 is 30.6 Å². The van der Waals surface area contributed by atoms with E-state index in [0.29, 0.717) is 13.1 Å². The molecular formula is C14H30FeN4O2+. The first-order valence-electron chi connectivity index (χ1n) is 7.65. The van der Waals surface area contributed by atoms with Gasteiger partial charge in [-0.2, -0.15) is 0 Å². The quantitative estimate of drug-likeness (QED) is 0.711. The monoisotopic (exact) mass is 342 g/mol. The summed E-state index contributed by atoms with van der Waals surface area (Å²) in [5, 5.41) is 28.0. The van der Waals surface area contributed by atoms with Gasteiger partial charge in [0, 0.05) is 13.1 Å². The largest absolute Gasteiger partial charge is 3.00 e. The molecule has 1 aliphatic heterocycles. The molecule has 1 fully saturated rings. The van der Waals surface area contributed by atoms with Crippen molar-refractivity contribution >= 4 is 0 Å². The molecule has 0 aliphatic carbocycles. The van der Waals surface area contributed by atoms with Crippen molar-refractivity contribution in [1.82, 2.24) is 9.80 Å². The van der Waals surface area contributed by atoms with Crippen molar-refractivity contribution in [2.45, 2.75) is 26.1 Å². The van der Waals surface area contributed by atoms with Gasteiger partial charge in [0.15, 0.2) is 0 Å². The minimum absolute atomic E-state index is 0. The Morgan fingerprint density at radius 3 is 1.29 bits per heavy atom. The molecule has 21 heavy (non-hydrogen) atoms. The zero-order valence-electron chi connectivity index (χ0n) is 13.3. The summed E-state index contributed by atoms with van der Waals surface area (Å²) in [6.07, 6.45) is -0.603. The van der Waals surface area contributed by atoms with Crippen molar-refractivity contribution in [2.75, 3.05) is 65.4 Å². The average Bonchev–Trinajstić information content (AvgIpc) is 2.33. The summed E-state index contributed by atoms with van der Waals surface area (Å²) in [6.45, 7) is 11.8. The molecule has 1 rings (SSSR count). The minimum Gasteiger partial charge on any atom is -0.660 e. The number of β-amino-alcohol motifs (C(OH)–C–C–N with tert-alkyl or cyclic N) is 2. The van der Waals surface area contributed by atoms with Gasteiger partial charge in [-0.1, -0.05) is 0 Å². The number of aliphatic hydroxyl groups excluding tert-OH is 2. The summed E-state index contributed by atoms with van der Waals surface area (Å²) in [7, 11) is 0. The molecule has 0 amide bonds. The van der Waals surface area contributed by atoms with Crippen LogP contribution in [0.25, 0.3) is 10.6 Å². The van der Waals surface area contributed by atoms with Crippen LogP contribution in [0.15, 0.2) is 0 Å². The van der Waals surface area contributed by atoms with E-state index >= 15 is 0 Å². The molecule has 1 radical (unpaired) electrons. The average molecular weight is 342 g/mol. The molecule has 0 saturated carbocycles. The van der Waals surface area contributed by atoms with Gasteiger partial charge in [0.2, 0.25) is 0 Å². The van der Waals surface area contributed by atoms with E-state index in [4.69, 9.17) is 0 Å². The third-order valence-electron chi connectivity index (χ3n) is 3.34. The Labute approximate surface area is 139 Å². The van der Waals surface area contributed by atoms with Crippen molar-refractivity contribution in [3.05, 3.63) is 10.6 Å². The molecule has 7 heteroatoms. The van der Waals surface area contributed by atoms with Gasteiger partial charge >= 0.3 is 17.1 Å². The van der Waals surface area contributed by atoms with E-state index < -0.39 is 0 Å². The molecular weight excluding hydrogens is 312 g/mol. The second-order valence-corrected chi connectivity index (χ2v) is 5.64. The maximum atomic E-state index is 9.48. The molecule has 0 aromatic rings. The fraction of sp³-hybridized carbons (Fsp3) is 1.00. The molecule has 0 unspecified atom stereocenters. The normalized spacial score (nSPS) is 23.4. The maximum Gasteiger partial charge on any atom is 3.00 e. The molecule has 2 atom stereocenters. The van der Waals surface area contributed by atoms with Gasteiger partial charge in [-0.05, 0) is 40.0 Å². The fourth-order valence-electron chi connectivity index (χ4n) is 2.41. The van der Waals surface area contributed by atoms with Crippen molar-refractivity contribution in [3.8, 4) is 0 Å². The van der Waals surface area contributed by atoms with Crippen LogP contribution in [0.1, 0.15) is 13.8 Å². The summed E-state index contributed by atoms with van der Waals surface area (Å²) < 4.78 is 0. The number of nitrogens with zero attached hydrogens (tertiary/aromatic N) is 4. The number of rotatable bonds is 4. The second-order valence-electron chi connectivity index (χ2n) is 5.64. The standard InChI is InChI=1S/C14H30N4O2.Fe/c1-13(19)11-17-7-3-15-5-9-18(12-14(2)20)10-6-16-4-8-17;/h13-14,19-20H,3-12H2,1-2H3;/q-2;+3/t13-,14-;/m1./s1. The minimum atomic E-state index is -0.301. The Bertz CT molecular complexity index is 209. The van der Waals surface area contributed by atoms with Gasteiger partial charge in [-0.3, -0.25) is 0 Å². The van der Waals surface area contributed by atoms with Gasteiger partial charge in [0.1, 0.15) is 0 Å². The molecule has 0 aromatic carbocycles. The van der Waals surface area contributed by atoms with Crippen molar-refractivity contribution < 1.29 is 27.3 Å². The zero-order chi connectivity index (χ0) is 14.8. The molecule has 0 aromatic heterocycles. The van der Waals surface area contributed by atoms with E-state index in [-0.39, 0.29) is 29.3 Å². The van der Waals surface area contributed by atoms with Crippen LogP contribution >= 0.6 is 0 Å². The van der Waals surface area contributed by atoms with Gasteiger partial charge in [0.25, 0.3) is 0 Å². The Balaban J connectivity index is 0.00000400. The molecule has 1 aliphatic rings. The van der Waals surface area contributed by atoms with Crippen LogP contribution in [0.3, 0.4) is 0 Å². The van der Waals surface area contributed by atoms with Crippen LogP contribution in [0, 0.1) is 0 Å². The molecule has 2 N–H and O–H groups in total. The van der Waals surface area contributed by atoms with Crippen LogP contribution < -0.4 is 0 Å². The first-order chi connectivity index (χ1) is 9.58. The summed E-state index contributed by atoms with van der Waals surface area (Å²) in [5.41, 5.74) is 0. The predicted octanol–water partition coefficient (Wildman–Crippen LogP) is 0.111. The van der Waals surface area contributed by atoms with E-state index in [0.717, 1.165) is 52.4 Å². The number of hydrogen-bond donors (Lipinski definition) is 2. The van der Waals surface area contributed by atoms with E-state index in [1.54, 1.807) is 0 Å². The first-order valence-corrected chi connectivity index (χ1v) is 7.65. The van der Waals surface area contributed by atoms with Crippen LogP contribution in [0.5, 0.6) is 0 Å². The topological polar surface area (TPSA) is 75.1 Å². The van der Waals surface area contributed by atoms with Crippen LogP contribution in [-0.2, 0) is 17.1 Å². The van der Waals surface area contributed by atoms with Crippen molar-refractivity contribution in [3.63, 3.8) is 0 Å². The summed E-state index contributed by atoms with van der Waals surface area (Å²) >= 11 is 0. The maximum absolute atomic E-state index is 9.48. The Morgan fingerprint density at radius 1 is 0.762 bits per heavy atom. The SMILES string of the molecule is C[C@@H](O)CN1CC[N-]CCN(C[C@@H](C)O)CC[N-]CC1.[Fe+3]. The Kier molecular flexibility index (Phi) is 13.0. The van der Waals surface area contributed by atoms with E-state index in [1.165, 1.54) is 0 Å². The second kappa shape index (κ2) is 12.8. The Hall–Kier alpha value is 0.279. The molecule has 0 spiro atoms. The molecule has 1 heterocycles. The predicted molar refractivity (Wildman–Crippen MR) is 82.4 cm³/mol. The molecule has 0 bridgehead atoms. The third-order valence-corrected chi connectivity index (χ3v) is 3.34. The van der Waals surface area contributed by atoms with Crippen LogP contribution in [0.2, 0.25) is 0 Å². The smallest absolute Gasteiger partial charge is 0.660 e. The molecule has 1 saturated heterocycles. The zero-order valence-corrected chi connectivity index (χ0v) is 14.4. The van der Waals surface area contributed by atoms with Crippen LogP contribution in [-0.4, -0.2) is 97.7 Å². The van der Waals surface area contributed by atoms with Gasteiger partial charge in [-0.15, -0.1) is 26.2 Å². The third kappa shape index (κ3) is 11.5. The molecule has 6 nitrogen and oxygen atoms in total. The summed E-state index contributed by atoms with van der Waals surface area (Å²) in [5.74, 6) is 0. The van der Waals surface area contributed by atoms with E-state index in [1.807, 2.05) is 13.8 Å². The first kappa shape index (κ1) is 21.3. The van der Waals surface area contributed by atoms with Crippen molar-refractivity contribution in [1.29, 1.82) is 0 Å². The summed E-state index contributed by atoms with van der Waals surface area (Å²) in [4.78, 5) is 4.46. The summed E-state index contributed by atoms with van der Waals surface area (Å²) in [6, 6.07) is 0. The molecule has 125 valence electrons. The van der Waals surface area contributed by atoms with Gasteiger partial charge in [-0.25, -0.2) is 0 Å². The fourth-order valence-corrected chi connectivity index (χ4v) is 2.41. The number of aliphatic hydroxyl groups is 2. The van der Waals surface area contributed by atoms with Gasteiger partial charge in [0.05, 0.1) is 12.2 Å². The number of hydrogen-bond acceptors (Lipinski definition) is 4.